The van der Waals surface area contributed by atoms with Gasteiger partial charge in [0, 0.05) is 12.5 Å². The highest BCUT2D eigenvalue weighted by Crippen LogP contribution is 2.29. The molecule has 1 aromatic rings. The molecule has 4 atom stereocenters. The predicted octanol–water partition coefficient (Wildman–Crippen LogP) is 3.60. The van der Waals surface area contributed by atoms with Crippen LogP contribution in [0.5, 0.6) is 0 Å². The van der Waals surface area contributed by atoms with E-state index in [9.17, 15) is 32.1 Å². The average Bonchev–Trinajstić information content (AvgIpc) is 3.42. The third kappa shape index (κ3) is 10.2. The minimum Gasteiger partial charge on any atom is -0.445 e. The van der Waals surface area contributed by atoms with E-state index in [-0.39, 0.29) is 24.9 Å². The van der Waals surface area contributed by atoms with Gasteiger partial charge in [-0.15, -0.1) is 0 Å². The Morgan fingerprint density at radius 1 is 0.909 bits per heavy atom. The van der Waals surface area contributed by atoms with Gasteiger partial charge in [-0.3, -0.25) is 18.9 Å². The Morgan fingerprint density at radius 3 is 2.18 bits per heavy atom. The van der Waals surface area contributed by atoms with Gasteiger partial charge in [0.25, 0.3) is 0 Å². The van der Waals surface area contributed by atoms with Gasteiger partial charge in [-0.1, -0.05) is 81.7 Å². The highest BCUT2D eigenvalue weighted by molar-refractivity contribution is 7.86. The first-order valence-corrected chi connectivity index (χ1v) is 17.3. The van der Waals surface area contributed by atoms with Crippen LogP contribution in [0.25, 0.3) is 0 Å². The van der Waals surface area contributed by atoms with Crippen molar-refractivity contribution in [1.29, 1.82) is 0 Å². The molecule has 2 saturated carbocycles. The molecule has 13 heteroatoms. The zero-order chi connectivity index (χ0) is 31.5. The molecular weight excluding hydrogens is 590 g/mol. The number of carbonyl (C=O) groups is 4. The molecular formula is C31H45N3O9S. The summed E-state index contributed by atoms with van der Waals surface area (Å²) in [5.41, 5.74) is -1.35. The molecule has 0 radical (unpaired) electrons. The van der Waals surface area contributed by atoms with E-state index >= 15 is 0 Å². The first-order valence-electron chi connectivity index (χ1n) is 15.8. The lowest BCUT2D eigenvalue weighted by atomic mass is 9.84. The molecule has 4 rings (SSSR count). The lowest BCUT2D eigenvalue weighted by Crippen LogP contribution is -2.56. The fourth-order valence-electron chi connectivity index (χ4n) is 6.49. The molecule has 0 spiro atoms. The Labute approximate surface area is 259 Å². The lowest BCUT2D eigenvalue weighted by Gasteiger charge is -2.31. The van der Waals surface area contributed by atoms with Crippen molar-refractivity contribution in [2.24, 2.45) is 17.8 Å². The zero-order valence-electron chi connectivity index (χ0n) is 25.1. The minimum atomic E-state index is -5.02. The number of hydrogen-bond acceptors (Lipinski definition) is 8. The van der Waals surface area contributed by atoms with Crippen molar-refractivity contribution in [1.82, 2.24) is 16.0 Å². The number of amides is 3. The summed E-state index contributed by atoms with van der Waals surface area (Å²) in [7, 11) is -5.02. The highest BCUT2D eigenvalue weighted by Gasteiger charge is 2.42. The molecule has 1 aliphatic heterocycles. The molecule has 3 amide bonds. The van der Waals surface area contributed by atoms with Gasteiger partial charge in [0.05, 0.1) is 12.0 Å². The van der Waals surface area contributed by atoms with Crippen molar-refractivity contribution in [2.75, 3.05) is 6.54 Å². The standard InChI is InChI=1S/C31H45N3O9S/c35-27-24(16-17-32-27)19-26(30(44(39,40)41)43-29(37)23-14-8-3-9-15-23)33-28(36)25(18-21-10-4-1-5-11-21)34-31(38)42-20-22-12-6-2-7-13-22/h2,6-7,12-13,21,23-26,30H,1,3-5,8-11,14-20H2,(H,32,35)(H,33,36)(H,34,38)(H,39,40,41)/t24-,25?,26?,30?/m0/s1. The van der Waals surface area contributed by atoms with E-state index in [2.05, 4.69) is 16.0 Å². The van der Waals surface area contributed by atoms with Gasteiger partial charge in [0.2, 0.25) is 17.3 Å². The molecule has 1 saturated heterocycles. The molecule has 244 valence electrons. The summed E-state index contributed by atoms with van der Waals surface area (Å²) in [4.78, 5) is 52.1. The van der Waals surface area contributed by atoms with E-state index in [1.54, 1.807) is 12.1 Å². The Kier molecular flexibility index (Phi) is 12.4. The van der Waals surface area contributed by atoms with Crippen molar-refractivity contribution in [2.45, 2.75) is 108 Å². The quantitative estimate of drug-likeness (QED) is 0.186. The van der Waals surface area contributed by atoms with Gasteiger partial charge in [-0.05, 0) is 43.6 Å². The molecule has 1 aromatic carbocycles. The van der Waals surface area contributed by atoms with Crippen LogP contribution in [0, 0.1) is 17.8 Å². The van der Waals surface area contributed by atoms with Crippen LogP contribution >= 0.6 is 0 Å². The minimum absolute atomic E-state index is 0.00813. The maximum Gasteiger partial charge on any atom is 0.408 e. The van der Waals surface area contributed by atoms with E-state index in [1.807, 2.05) is 18.2 Å². The molecule has 44 heavy (non-hydrogen) atoms. The largest absolute Gasteiger partial charge is 0.445 e. The Bertz CT molecular complexity index is 1230. The Balaban J connectivity index is 1.53. The first-order chi connectivity index (χ1) is 21.1. The van der Waals surface area contributed by atoms with Gasteiger partial charge in [-0.25, -0.2) is 4.79 Å². The number of benzene rings is 1. The number of carbonyl (C=O) groups excluding carboxylic acids is 4. The first kappa shape index (κ1) is 33.7. The van der Waals surface area contributed by atoms with Crippen LogP contribution in [-0.2, 0) is 40.6 Å². The van der Waals surface area contributed by atoms with Crippen LogP contribution in [0.2, 0.25) is 0 Å². The van der Waals surface area contributed by atoms with Crippen LogP contribution in [0.15, 0.2) is 30.3 Å². The summed E-state index contributed by atoms with van der Waals surface area (Å²) in [5.74, 6) is -2.83. The van der Waals surface area contributed by atoms with Crippen molar-refractivity contribution < 1.29 is 41.6 Å². The Hall–Kier alpha value is -3.19. The fourth-order valence-corrected chi connectivity index (χ4v) is 7.30. The van der Waals surface area contributed by atoms with Gasteiger partial charge < -0.3 is 25.4 Å². The van der Waals surface area contributed by atoms with Crippen LogP contribution in [-0.4, -0.2) is 60.9 Å². The lowest BCUT2D eigenvalue weighted by molar-refractivity contribution is -0.153. The highest BCUT2D eigenvalue weighted by atomic mass is 32.2. The summed E-state index contributed by atoms with van der Waals surface area (Å²) in [5, 5.41) is 7.97. The normalized spacial score (nSPS) is 21.8. The molecule has 3 aliphatic rings. The van der Waals surface area contributed by atoms with Crippen molar-refractivity contribution in [3.8, 4) is 0 Å². The van der Waals surface area contributed by atoms with Crippen LogP contribution in [0.4, 0.5) is 4.79 Å². The summed E-state index contributed by atoms with van der Waals surface area (Å²) in [6, 6.07) is 6.54. The van der Waals surface area contributed by atoms with E-state index in [1.165, 1.54) is 0 Å². The number of esters is 1. The zero-order valence-corrected chi connectivity index (χ0v) is 25.9. The average molecular weight is 636 g/mol. The van der Waals surface area contributed by atoms with Gasteiger partial charge in [-0.2, -0.15) is 8.42 Å². The topological polar surface area (TPSA) is 177 Å². The van der Waals surface area contributed by atoms with Gasteiger partial charge in [0.1, 0.15) is 12.6 Å². The third-order valence-electron chi connectivity index (χ3n) is 8.94. The number of ether oxygens (including phenoxy) is 2. The third-order valence-corrected chi connectivity index (χ3v) is 9.95. The molecule has 0 bridgehead atoms. The monoisotopic (exact) mass is 635 g/mol. The summed E-state index contributed by atoms with van der Waals surface area (Å²) in [6.07, 6.45) is 8.16. The van der Waals surface area contributed by atoms with Crippen LogP contribution in [0.3, 0.4) is 0 Å². The smallest absolute Gasteiger partial charge is 0.408 e. The summed E-state index contributed by atoms with van der Waals surface area (Å²) >= 11 is 0. The summed E-state index contributed by atoms with van der Waals surface area (Å²) in [6.45, 7) is 0.369. The molecule has 2 aliphatic carbocycles. The van der Waals surface area contributed by atoms with Crippen molar-refractivity contribution in [3.05, 3.63) is 35.9 Å². The molecule has 1 heterocycles. The Morgan fingerprint density at radius 2 is 1.57 bits per heavy atom. The van der Waals surface area contributed by atoms with Crippen LogP contribution < -0.4 is 16.0 Å². The predicted molar refractivity (Wildman–Crippen MR) is 160 cm³/mol. The number of nitrogens with one attached hydrogen (secondary N) is 3. The second kappa shape index (κ2) is 16.2. The number of alkyl carbamates (subject to hydrolysis) is 1. The van der Waals surface area contributed by atoms with E-state index in [0.29, 0.717) is 32.2 Å². The molecule has 4 N–H and O–H groups in total. The SMILES string of the molecule is O=C(NC(CC1CCCCC1)C(=O)NC(C[C@@H]1CCNC1=O)C(OC(=O)C1CCCCC1)S(=O)(=O)O)OCc1ccccc1. The van der Waals surface area contributed by atoms with Crippen LogP contribution in [0.1, 0.15) is 89.0 Å². The molecule has 0 aromatic heterocycles. The molecule has 12 nitrogen and oxygen atoms in total. The molecule has 3 unspecified atom stereocenters. The van der Waals surface area contributed by atoms with E-state index in [0.717, 1.165) is 56.9 Å². The fraction of sp³-hybridized carbons (Fsp3) is 0.677. The van der Waals surface area contributed by atoms with Gasteiger partial charge in [0.15, 0.2) is 0 Å². The number of rotatable bonds is 13. The maximum atomic E-state index is 13.8. The van der Waals surface area contributed by atoms with E-state index < -0.39 is 57.4 Å². The number of hydrogen-bond donors (Lipinski definition) is 4. The second-order valence-electron chi connectivity index (χ2n) is 12.3. The summed E-state index contributed by atoms with van der Waals surface area (Å²) < 4.78 is 46.3. The van der Waals surface area contributed by atoms with Crippen molar-refractivity contribution in [3.63, 3.8) is 0 Å². The van der Waals surface area contributed by atoms with E-state index in [4.69, 9.17) is 9.47 Å². The second-order valence-corrected chi connectivity index (χ2v) is 13.8. The van der Waals surface area contributed by atoms with Gasteiger partial charge >= 0.3 is 22.2 Å². The maximum absolute atomic E-state index is 13.8. The molecule has 3 fully saturated rings. The van der Waals surface area contributed by atoms with Crippen molar-refractivity contribution >= 4 is 34.0 Å².